The second-order valence-corrected chi connectivity index (χ2v) is 23.7. The van der Waals surface area contributed by atoms with Crippen LogP contribution in [-0.4, -0.2) is 29.0 Å². The molecule has 8 heteroatoms. The summed E-state index contributed by atoms with van der Waals surface area (Å²) in [4.78, 5) is 9.62. The Bertz CT molecular complexity index is 4330. The molecular weight excluding hydrogens is 944 g/mol. The molecule has 13 aromatic rings. The number of hydrogen-bond acceptors (Lipinski definition) is 5. The molecule has 72 heavy (non-hydrogen) atoms. The van der Waals surface area contributed by atoms with E-state index in [2.05, 4.69) is 186 Å². The number of halogens is 1. The Morgan fingerprint density at radius 1 is 0.542 bits per heavy atom. The number of hydrogen-bond donors (Lipinski definition) is 0. The van der Waals surface area contributed by atoms with Crippen LogP contribution in [0.3, 0.4) is 0 Å². The van der Waals surface area contributed by atoms with Gasteiger partial charge < -0.3 is 23.2 Å². The first kappa shape index (κ1) is 47.7. The molecule has 0 aliphatic carbocycles. The van der Waals surface area contributed by atoms with Crippen LogP contribution in [0.15, 0.2) is 127 Å². The molecule has 0 saturated carbocycles. The van der Waals surface area contributed by atoms with Crippen molar-refractivity contribution < 1.29 is 15.6 Å². The van der Waals surface area contributed by atoms with Crippen LogP contribution in [0.25, 0.3) is 106 Å². The number of fused-ring (bicyclic) bond motifs is 15. The van der Waals surface area contributed by atoms with Crippen molar-refractivity contribution in [1.29, 1.82) is 0 Å². The number of carbonyl (C=O) groups is 1. The van der Waals surface area contributed by atoms with Crippen molar-refractivity contribution in [2.24, 2.45) is 0 Å². The summed E-state index contributed by atoms with van der Waals surface area (Å²) in [5.41, 5.74) is 12.6. The summed E-state index contributed by atoms with van der Waals surface area (Å²) in [6.45, 7) is 19.3. The minimum atomic E-state index is -0.0833. The Hall–Kier alpha value is -6.64. The summed E-state index contributed by atoms with van der Waals surface area (Å²) in [6, 6.07) is 47.0. The van der Waals surface area contributed by atoms with Crippen LogP contribution in [0.2, 0.25) is 5.02 Å². The number of aryl methyl sites for hydroxylation is 2. The molecule has 13 rings (SSSR count). The number of thiophene rings is 2. The maximum atomic E-state index is 9.62. The van der Waals surface area contributed by atoms with Crippen molar-refractivity contribution in [3.05, 3.63) is 155 Å². The lowest BCUT2D eigenvalue weighted by atomic mass is 9.85. The van der Waals surface area contributed by atoms with Crippen molar-refractivity contribution in [2.45, 2.75) is 87.5 Å². The van der Waals surface area contributed by atoms with Crippen LogP contribution in [0, 0.1) is 13.8 Å². The van der Waals surface area contributed by atoms with Gasteiger partial charge in [-0.3, -0.25) is 0 Å². The van der Waals surface area contributed by atoms with E-state index in [9.17, 15) is 4.79 Å². The zero-order valence-corrected chi connectivity index (χ0v) is 44.5. The molecule has 8 aromatic carbocycles. The number of benzene rings is 8. The third kappa shape index (κ3) is 8.10. The summed E-state index contributed by atoms with van der Waals surface area (Å²) in [6.07, 6.45) is 0. The number of nitrogens with zero attached hydrogens (tertiary/aromatic N) is 2. The predicted octanol–water partition coefficient (Wildman–Crippen LogP) is 19.5. The van der Waals surface area contributed by atoms with Gasteiger partial charge in [0.05, 0.1) is 56.2 Å². The van der Waals surface area contributed by atoms with Crippen LogP contribution >= 0.6 is 34.3 Å². The smallest absolute Gasteiger partial charge is 0.126 e. The fraction of sp³-hybridized carbons (Fsp3) is 0.234. The summed E-state index contributed by atoms with van der Waals surface area (Å²) in [7, 11) is 3.46. The van der Waals surface area contributed by atoms with E-state index in [-0.39, 0.29) is 30.9 Å². The molecule has 0 radical (unpaired) electrons. The van der Waals surface area contributed by atoms with E-state index in [1.54, 1.807) is 14.2 Å². The first-order valence-electron chi connectivity index (χ1n) is 24.7. The highest BCUT2D eigenvalue weighted by Crippen LogP contribution is 2.49. The van der Waals surface area contributed by atoms with Crippen LogP contribution in [0.1, 0.15) is 86.4 Å². The lowest BCUT2D eigenvalue weighted by Gasteiger charge is -2.20. The van der Waals surface area contributed by atoms with E-state index in [1.165, 1.54) is 124 Å². The summed E-state index contributed by atoms with van der Waals surface area (Å²) < 4.78 is 27.4. The first-order valence-corrected chi connectivity index (χ1v) is 26.0. The highest BCUT2D eigenvalue weighted by molar-refractivity contribution is 7.27. The molecular formula is C64H61ClN2O3S2. The predicted molar refractivity (Wildman–Crippen MR) is 316 cm³/mol. The molecule has 0 spiro atoms. The minimum Gasteiger partial charge on any atom is -0.497 e. The summed E-state index contributed by atoms with van der Waals surface area (Å²) in [5.74, 6) is 1.71. The van der Waals surface area contributed by atoms with Gasteiger partial charge in [-0.25, -0.2) is 0 Å². The molecule has 0 fully saturated rings. The number of Topliss-reactive ketones (excluding diaryl/α,β-unsaturated/α-hetero) is 1. The highest BCUT2D eigenvalue weighted by atomic mass is 35.5. The van der Waals surface area contributed by atoms with Crippen molar-refractivity contribution in [2.75, 3.05) is 14.2 Å². The van der Waals surface area contributed by atoms with Gasteiger partial charge >= 0.3 is 0 Å². The van der Waals surface area contributed by atoms with E-state index < -0.39 is 0 Å². The van der Waals surface area contributed by atoms with Gasteiger partial charge in [0.1, 0.15) is 17.3 Å². The average Bonchev–Trinajstić information content (AvgIpc) is 4.14. The zero-order chi connectivity index (χ0) is 50.7. The van der Waals surface area contributed by atoms with Crippen LogP contribution in [0.4, 0.5) is 0 Å². The lowest BCUT2D eigenvalue weighted by molar-refractivity contribution is -0.115. The monoisotopic (exact) mass is 1010 g/mol. The fourth-order valence-electron chi connectivity index (χ4n) is 10.3. The Labute approximate surface area is 435 Å². The van der Waals surface area contributed by atoms with Crippen molar-refractivity contribution >= 4 is 140 Å². The van der Waals surface area contributed by atoms with E-state index in [0.717, 1.165) is 27.7 Å². The maximum Gasteiger partial charge on any atom is 0.126 e. The summed E-state index contributed by atoms with van der Waals surface area (Å²) in [5, 5.41) is 13.6. The topological polar surface area (TPSA) is 44.9 Å². The minimum absolute atomic E-state index is 0. The molecule has 0 saturated heterocycles. The number of carbonyl (C=O) groups excluding carboxylic acids is 1. The molecule has 0 aliphatic heterocycles. The van der Waals surface area contributed by atoms with E-state index >= 15 is 0 Å². The lowest BCUT2D eigenvalue weighted by Crippen LogP contribution is -2.10. The fourth-order valence-corrected chi connectivity index (χ4v) is 13.1. The largest absolute Gasteiger partial charge is 0.497 e. The van der Waals surface area contributed by atoms with E-state index in [0.29, 0.717) is 0 Å². The molecule has 0 unspecified atom stereocenters. The van der Waals surface area contributed by atoms with Gasteiger partial charge in [-0.15, -0.1) is 22.7 Å². The maximum absolute atomic E-state index is 9.62. The van der Waals surface area contributed by atoms with Crippen LogP contribution in [0.5, 0.6) is 11.5 Å². The second-order valence-electron chi connectivity index (χ2n) is 21.2. The number of methoxy groups -OCH3 is 2. The van der Waals surface area contributed by atoms with Crippen LogP contribution in [-0.2, 0) is 15.6 Å². The summed E-state index contributed by atoms with van der Waals surface area (Å²) >= 11 is 10.8. The molecule has 5 heterocycles. The van der Waals surface area contributed by atoms with E-state index in [1.807, 2.05) is 28.7 Å². The van der Waals surface area contributed by atoms with Gasteiger partial charge in [-0.2, -0.15) is 0 Å². The number of rotatable bonds is 3. The van der Waals surface area contributed by atoms with Gasteiger partial charge in [-0.05, 0) is 156 Å². The Kier molecular flexibility index (Phi) is 11.8. The standard InChI is InChI=1S/C30H26ClNOS.C30H25NOS.C3H6O.CH4/c1-17-6-7-18-8-9-21(13-19(18)12-17)32-27-24(14-20(15-25(27)31)30(2,3)4)29-28(32)23-11-10-22(33-5)16-26(23)34-29;1-16-6-7-17-11-22-23-13-19(30(2,3)4)14-24-27(23)31(25(22)12-18(17)10-16)28-21-9-8-20(32-5)15-26(21)33-29(24)28;1-3(2)4;/h6-16H,1-5H3;6-15H,1-5H3;1-2H3;1H4/i;;1D;. The van der Waals surface area contributed by atoms with Gasteiger partial charge in [0.25, 0.3) is 0 Å². The van der Waals surface area contributed by atoms with Gasteiger partial charge in [0.15, 0.2) is 0 Å². The molecule has 0 aliphatic rings. The highest BCUT2D eigenvalue weighted by Gasteiger charge is 2.26. The Balaban J connectivity index is 0.000000152. The Morgan fingerprint density at radius 3 is 1.64 bits per heavy atom. The third-order valence-corrected chi connectivity index (χ3v) is 16.5. The zero-order valence-electron chi connectivity index (χ0n) is 43.1. The quantitative estimate of drug-likeness (QED) is 0.177. The number of aromatic nitrogens is 2. The number of ketones is 1. The molecule has 0 N–H and O–H groups in total. The molecule has 364 valence electrons. The number of ether oxygens (including phenoxy) is 2. The van der Waals surface area contributed by atoms with Crippen LogP contribution < -0.4 is 9.47 Å². The molecule has 0 bridgehead atoms. The molecule has 5 nitrogen and oxygen atoms in total. The average molecular weight is 1010 g/mol. The molecule has 0 amide bonds. The molecule has 0 atom stereocenters. The SMILES string of the molecule is C.COc1ccc2c(c1)sc1c3cc(C(C)(C)C)cc(Cl)c3n(-c3ccc4ccc(C)cc4c3)c21.COc1ccc2c(c1)sc1c3cc(C(C)(C)C)cc4c5cc6ccc(C)cc6cc5n(c43)c21.[2H]CC(C)=O. The second kappa shape index (κ2) is 17.8. The Morgan fingerprint density at radius 2 is 1.06 bits per heavy atom. The van der Waals surface area contributed by atoms with Crippen molar-refractivity contribution in [3.8, 4) is 17.2 Å². The first-order chi connectivity index (χ1) is 34.3. The van der Waals surface area contributed by atoms with Crippen molar-refractivity contribution in [3.63, 3.8) is 0 Å². The van der Waals surface area contributed by atoms with E-state index in [4.69, 9.17) is 22.4 Å². The third-order valence-electron chi connectivity index (χ3n) is 13.9. The normalized spacial score (nSPS) is 12.4. The van der Waals surface area contributed by atoms with Gasteiger partial charge in [0.2, 0.25) is 0 Å². The molecule has 5 aromatic heterocycles. The van der Waals surface area contributed by atoms with Gasteiger partial charge in [0, 0.05) is 48.8 Å². The van der Waals surface area contributed by atoms with Crippen molar-refractivity contribution in [1.82, 2.24) is 8.97 Å². The van der Waals surface area contributed by atoms with Gasteiger partial charge in [-0.1, -0.05) is 114 Å².